The van der Waals surface area contributed by atoms with Gasteiger partial charge in [-0.25, -0.2) is 0 Å². The molecule has 0 aromatic heterocycles. The van der Waals surface area contributed by atoms with E-state index < -0.39 is 0 Å². The molecule has 1 N–H and O–H groups in total. The van der Waals surface area contributed by atoms with Gasteiger partial charge in [-0.3, -0.25) is 4.79 Å². The van der Waals surface area contributed by atoms with Crippen molar-refractivity contribution in [2.45, 2.75) is 13.3 Å². The molecule has 0 aromatic rings. The van der Waals surface area contributed by atoms with Crippen molar-refractivity contribution < 1.29 is 4.79 Å². The molecule has 1 amide bonds. The van der Waals surface area contributed by atoms with Crippen LogP contribution in [-0.4, -0.2) is 12.5 Å². The molecule has 1 rings (SSSR count). The molecule has 45 valence electrons. The van der Waals surface area contributed by atoms with Gasteiger partial charge in [0.1, 0.15) is 0 Å². The van der Waals surface area contributed by atoms with Gasteiger partial charge in [0.2, 0.25) is 5.91 Å². The molecule has 1 aliphatic rings. The molecular formula is C6H10NO. The summed E-state index contributed by atoms with van der Waals surface area (Å²) in [6, 6.07) is 0. The van der Waals surface area contributed by atoms with E-state index in [0.29, 0.717) is 0 Å². The first kappa shape index (κ1) is 5.60. The lowest BCUT2D eigenvalue weighted by molar-refractivity contribution is -0.124. The number of rotatable bonds is 0. The van der Waals surface area contributed by atoms with Crippen LogP contribution in [0.4, 0.5) is 0 Å². The minimum Gasteiger partial charge on any atom is -0.356 e. The third-order valence-corrected chi connectivity index (χ3v) is 1.51. The van der Waals surface area contributed by atoms with Crippen molar-refractivity contribution in [2.75, 3.05) is 6.54 Å². The minimum atomic E-state index is -0.347. The van der Waals surface area contributed by atoms with E-state index in [1.165, 1.54) is 0 Å². The predicted molar refractivity (Wildman–Crippen MR) is 31.1 cm³/mol. The fraction of sp³-hybridized carbons (Fsp3) is 0.667. The summed E-state index contributed by atoms with van der Waals surface area (Å²) in [5.74, 6) is 0.0810. The Hall–Kier alpha value is -0.530. The lowest BCUT2D eigenvalue weighted by Gasteiger charge is -2.10. The highest BCUT2D eigenvalue weighted by molar-refractivity contribution is 5.84. The SMILES string of the molecule is [CH2]C1(C)CCNC1=O. The Bertz CT molecular complexity index is 118. The average Bonchev–Trinajstić information content (AvgIpc) is 1.86. The molecule has 1 saturated heterocycles. The maximum absolute atomic E-state index is 10.7. The van der Waals surface area contributed by atoms with Crippen LogP contribution in [0.3, 0.4) is 0 Å². The molecule has 0 aromatic carbocycles. The summed E-state index contributed by atoms with van der Waals surface area (Å²) in [5.41, 5.74) is -0.347. The number of amides is 1. The van der Waals surface area contributed by atoms with Crippen molar-refractivity contribution in [3.8, 4) is 0 Å². The molecule has 0 saturated carbocycles. The van der Waals surface area contributed by atoms with Gasteiger partial charge < -0.3 is 5.32 Å². The van der Waals surface area contributed by atoms with E-state index in [9.17, 15) is 4.79 Å². The van der Waals surface area contributed by atoms with Crippen LogP contribution in [0.2, 0.25) is 0 Å². The zero-order valence-corrected chi connectivity index (χ0v) is 5.03. The molecule has 2 nitrogen and oxygen atoms in total. The van der Waals surface area contributed by atoms with Crippen molar-refractivity contribution in [2.24, 2.45) is 5.41 Å². The van der Waals surface area contributed by atoms with Crippen molar-refractivity contribution in [3.05, 3.63) is 6.92 Å². The summed E-state index contributed by atoms with van der Waals surface area (Å²) >= 11 is 0. The minimum absolute atomic E-state index is 0.0810. The molecule has 0 spiro atoms. The van der Waals surface area contributed by atoms with Crippen molar-refractivity contribution in [1.29, 1.82) is 0 Å². The molecule has 8 heavy (non-hydrogen) atoms. The smallest absolute Gasteiger partial charge is 0.226 e. The fourth-order valence-corrected chi connectivity index (χ4v) is 0.779. The van der Waals surface area contributed by atoms with Crippen LogP contribution in [0.25, 0.3) is 0 Å². The molecule has 1 radical (unpaired) electrons. The number of hydrogen-bond acceptors (Lipinski definition) is 1. The van der Waals surface area contributed by atoms with Gasteiger partial charge in [0.25, 0.3) is 0 Å². The molecule has 0 bridgehead atoms. The Labute approximate surface area is 49.3 Å². The van der Waals surface area contributed by atoms with E-state index >= 15 is 0 Å². The Morgan fingerprint density at radius 1 is 1.88 bits per heavy atom. The lowest BCUT2D eigenvalue weighted by atomic mass is 9.92. The number of nitrogens with one attached hydrogen (secondary N) is 1. The first-order valence-corrected chi connectivity index (χ1v) is 2.76. The van der Waals surface area contributed by atoms with Crippen molar-refractivity contribution >= 4 is 5.91 Å². The van der Waals surface area contributed by atoms with Crippen molar-refractivity contribution in [3.63, 3.8) is 0 Å². The zero-order chi connectivity index (χ0) is 6.20. The average molecular weight is 112 g/mol. The second-order valence-electron chi connectivity index (χ2n) is 2.57. The van der Waals surface area contributed by atoms with Gasteiger partial charge in [0, 0.05) is 12.0 Å². The second kappa shape index (κ2) is 1.47. The highest BCUT2D eigenvalue weighted by atomic mass is 16.2. The van der Waals surface area contributed by atoms with Gasteiger partial charge in [-0.1, -0.05) is 6.92 Å². The largest absolute Gasteiger partial charge is 0.356 e. The topological polar surface area (TPSA) is 29.1 Å². The Kier molecular flexibility index (Phi) is 1.03. The molecule has 1 aliphatic heterocycles. The zero-order valence-electron chi connectivity index (χ0n) is 5.03. The summed E-state index contributed by atoms with van der Waals surface area (Å²) in [5, 5.41) is 2.71. The van der Waals surface area contributed by atoms with Crippen LogP contribution in [0.5, 0.6) is 0 Å². The molecule has 1 atom stereocenters. The predicted octanol–water partition coefficient (Wildman–Crippen LogP) is 0.347. The second-order valence-corrected chi connectivity index (χ2v) is 2.57. The maximum atomic E-state index is 10.7. The Balaban J connectivity index is 2.68. The monoisotopic (exact) mass is 112 g/mol. The van der Waals surface area contributed by atoms with E-state index in [2.05, 4.69) is 12.2 Å². The van der Waals surface area contributed by atoms with Crippen LogP contribution < -0.4 is 5.32 Å². The van der Waals surface area contributed by atoms with Gasteiger partial charge >= 0.3 is 0 Å². The van der Waals surface area contributed by atoms with Crippen LogP contribution >= 0.6 is 0 Å². The van der Waals surface area contributed by atoms with Crippen molar-refractivity contribution in [1.82, 2.24) is 5.32 Å². The highest BCUT2D eigenvalue weighted by Crippen LogP contribution is 2.23. The molecule has 1 heterocycles. The summed E-state index contributed by atoms with van der Waals surface area (Å²) < 4.78 is 0. The first-order valence-electron chi connectivity index (χ1n) is 2.76. The third-order valence-electron chi connectivity index (χ3n) is 1.51. The van der Waals surface area contributed by atoms with Gasteiger partial charge in [0.05, 0.1) is 0 Å². The molecule has 2 heteroatoms. The summed E-state index contributed by atoms with van der Waals surface area (Å²) in [6.07, 6.45) is 0.867. The van der Waals surface area contributed by atoms with E-state index in [0.717, 1.165) is 13.0 Å². The normalized spacial score (nSPS) is 25.5. The quantitative estimate of drug-likeness (QED) is 0.481. The number of hydrogen-bond donors (Lipinski definition) is 1. The van der Waals surface area contributed by atoms with Crippen LogP contribution in [0.1, 0.15) is 13.3 Å². The van der Waals surface area contributed by atoms with Gasteiger partial charge in [-0.2, -0.15) is 0 Å². The van der Waals surface area contributed by atoms with E-state index in [-0.39, 0.29) is 11.3 Å². The molecule has 0 aliphatic carbocycles. The highest BCUT2D eigenvalue weighted by Gasteiger charge is 2.31. The van der Waals surface area contributed by atoms with Gasteiger partial charge in [0.15, 0.2) is 0 Å². The Morgan fingerprint density at radius 2 is 2.50 bits per heavy atom. The standard InChI is InChI=1S/C6H10NO/c1-6(2)3-4-7-5(6)8/h1,3-4H2,2H3,(H,7,8). The van der Waals surface area contributed by atoms with Gasteiger partial charge in [-0.05, 0) is 13.3 Å². The molecule has 1 unspecified atom stereocenters. The molecule has 1 fully saturated rings. The van der Waals surface area contributed by atoms with E-state index in [1.54, 1.807) is 0 Å². The Morgan fingerprint density at radius 3 is 2.62 bits per heavy atom. The lowest BCUT2D eigenvalue weighted by Crippen LogP contribution is -2.25. The van der Waals surface area contributed by atoms with E-state index in [4.69, 9.17) is 0 Å². The fourth-order valence-electron chi connectivity index (χ4n) is 0.779. The van der Waals surface area contributed by atoms with Gasteiger partial charge in [-0.15, -0.1) is 0 Å². The third kappa shape index (κ3) is 0.703. The van der Waals surface area contributed by atoms with Crippen LogP contribution in [0, 0.1) is 12.3 Å². The van der Waals surface area contributed by atoms with Crippen LogP contribution in [-0.2, 0) is 4.79 Å². The molecular weight excluding hydrogens is 102 g/mol. The van der Waals surface area contributed by atoms with E-state index in [1.807, 2.05) is 6.92 Å². The first-order chi connectivity index (χ1) is 3.63. The summed E-state index contributed by atoms with van der Waals surface area (Å²) in [6.45, 7) is 6.39. The van der Waals surface area contributed by atoms with Crippen LogP contribution in [0.15, 0.2) is 0 Å². The maximum Gasteiger partial charge on any atom is 0.226 e. The summed E-state index contributed by atoms with van der Waals surface area (Å²) in [4.78, 5) is 10.7. The number of carbonyl (C=O) groups is 1. The summed E-state index contributed by atoms with van der Waals surface area (Å²) in [7, 11) is 0. The number of carbonyl (C=O) groups excluding carboxylic acids is 1.